The van der Waals surface area contributed by atoms with Crippen LogP contribution in [0.4, 0.5) is 0 Å². The van der Waals surface area contributed by atoms with Crippen molar-refractivity contribution in [2.75, 3.05) is 54.1 Å². The second kappa shape index (κ2) is 9.64. The number of methoxy groups -OCH3 is 3. The van der Waals surface area contributed by atoms with Crippen LogP contribution in [-0.4, -0.2) is 75.8 Å². The number of amides is 1. The molecule has 0 aliphatic carbocycles. The molecule has 2 rings (SSSR count). The summed E-state index contributed by atoms with van der Waals surface area (Å²) in [6, 6.07) is 3.83. The van der Waals surface area contributed by atoms with Crippen LogP contribution in [0.25, 0.3) is 0 Å². The molecule has 26 heavy (non-hydrogen) atoms. The molecule has 0 radical (unpaired) electrons. The quantitative estimate of drug-likeness (QED) is 0.750. The van der Waals surface area contributed by atoms with Crippen molar-refractivity contribution in [2.24, 2.45) is 0 Å². The Kier molecular flexibility index (Phi) is 7.53. The van der Waals surface area contributed by atoms with E-state index in [0.29, 0.717) is 23.8 Å². The normalized spacial score (nSPS) is 16.8. The maximum Gasteiger partial charge on any atom is 0.237 e. The number of piperazine rings is 1. The van der Waals surface area contributed by atoms with Gasteiger partial charge in [-0.05, 0) is 19.9 Å². The van der Waals surface area contributed by atoms with E-state index in [1.54, 1.807) is 21.3 Å². The first-order valence-corrected chi connectivity index (χ1v) is 9.07. The lowest BCUT2D eigenvalue weighted by atomic mass is 10.1. The zero-order chi connectivity index (χ0) is 19.1. The summed E-state index contributed by atoms with van der Waals surface area (Å²) in [5, 5.41) is 2.90. The molecular weight excluding hydrogens is 334 g/mol. The van der Waals surface area contributed by atoms with Crippen LogP contribution >= 0.6 is 0 Å². The number of hydrogen-bond acceptors (Lipinski definition) is 6. The predicted molar refractivity (Wildman–Crippen MR) is 101 cm³/mol. The molecule has 1 heterocycles. The molecule has 1 saturated heterocycles. The van der Waals surface area contributed by atoms with E-state index < -0.39 is 0 Å². The van der Waals surface area contributed by atoms with E-state index >= 15 is 0 Å². The number of carbonyl (C=O) groups is 1. The average molecular weight is 365 g/mol. The minimum atomic E-state index is -0.0901. The van der Waals surface area contributed by atoms with Gasteiger partial charge in [0.05, 0.1) is 27.4 Å². The van der Waals surface area contributed by atoms with E-state index in [9.17, 15) is 4.79 Å². The SMILES string of the molecule is CCNC(=O)[C@@H](C)N1CCN(Cc2ccc(OC)c(OC)c2OC)CC1. The molecule has 1 aliphatic rings. The lowest BCUT2D eigenvalue weighted by molar-refractivity contribution is -0.126. The number of nitrogens with one attached hydrogen (secondary N) is 1. The Morgan fingerprint density at radius 1 is 1.08 bits per heavy atom. The number of nitrogens with zero attached hydrogens (tertiary/aromatic N) is 2. The molecule has 7 nitrogen and oxygen atoms in total. The predicted octanol–water partition coefficient (Wildman–Crippen LogP) is 1.35. The number of benzene rings is 1. The largest absolute Gasteiger partial charge is 0.493 e. The molecule has 0 aromatic heterocycles. The highest BCUT2D eigenvalue weighted by molar-refractivity contribution is 5.81. The van der Waals surface area contributed by atoms with Crippen LogP contribution < -0.4 is 19.5 Å². The molecule has 1 aromatic rings. The van der Waals surface area contributed by atoms with Crippen molar-refractivity contribution < 1.29 is 19.0 Å². The van der Waals surface area contributed by atoms with Crippen LogP contribution in [-0.2, 0) is 11.3 Å². The Morgan fingerprint density at radius 2 is 1.73 bits per heavy atom. The lowest BCUT2D eigenvalue weighted by Crippen LogP contribution is -2.53. The molecule has 0 saturated carbocycles. The highest BCUT2D eigenvalue weighted by Gasteiger charge is 2.26. The number of likely N-dealkylation sites (N-methyl/N-ethyl adjacent to an activating group) is 1. The number of carbonyl (C=O) groups excluding carboxylic acids is 1. The van der Waals surface area contributed by atoms with Gasteiger partial charge in [-0.2, -0.15) is 0 Å². The van der Waals surface area contributed by atoms with Gasteiger partial charge in [-0.1, -0.05) is 6.07 Å². The summed E-state index contributed by atoms with van der Waals surface area (Å²) in [5.41, 5.74) is 1.07. The van der Waals surface area contributed by atoms with Crippen molar-refractivity contribution in [1.82, 2.24) is 15.1 Å². The first-order chi connectivity index (χ1) is 12.5. The summed E-state index contributed by atoms with van der Waals surface area (Å²) in [6.07, 6.45) is 0. The van der Waals surface area contributed by atoms with Crippen LogP contribution in [0.3, 0.4) is 0 Å². The lowest BCUT2D eigenvalue weighted by Gasteiger charge is -2.37. The average Bonchev–Trinajstić information content (AvgIpc) is 2.67. The number of ether oxygens (including phenoxy) is 3. The Morgan fingerprint density at radius 3 is 2.27 bits per heavy atom. The van der Waals surface area contributed by atoms with Gasteiger partial charge >= 0.3 is 0 Å². The Balaban J connectivity index is 2.00. The number of rotatable bonds is 8. The summed E-state index contributed by atoms with van der Waals surface area (Å²) in [7, 11) is 4.88. The highest BCUT2D eigenvalue weighted by Crippen LogP contribution is 2.40. The molecule has 1 N–H and O–H groups in total. The molecule has 1 aliphatic heterocycles. The molecule has 0 unspecified atom stereocenters. The molecule has 146 valence electrons. The van der Waals surface area contributed by atoms with E-state index in [4.69, 9.17) is 14.2 Å². The standard InChI is InChI=1S/C19H31N3O4/c1-6-20-19(23)14(2)22-11-9-21(10-12-22)13-15-7-8-16(24-3)18(26-5)17(15)25-4/h7-8,14H,6,9-13H2,1-5H3,(H,20,23)/t14-/m1/s1. The number of hydrogen-bond donors (Lipinski definition) is 1. The van der Waals surface area contributed by atoms with Crippen molar-refractivity contribution in [3.8, 4) is 17.2 Å². The van der Waals surface area contributed by atoms with E-state index in [0.717, 1.165) is 38.3 Å². The fraction of sp³-hybridized carbons (Fsp3) is 0.632. The molecular formula is C19H31N3O4. The highest BCUT2D eigenvalue weighted by atomic mass is 16.5. The minimum Gasteiger partial charge on any atom is -0.493 e. The van der Waals surface area contributed by atoms with Crippen molar-refractivity contribution in [2.45, 2.75) is 26.4 Å². The maximum absolute atomic E-state index is 12.0. The topological polar surface area (TPSA) is 63.3 Å². The Hall–Kier alpha value is -1.99. The van der Waals surface area contributed by atoms with Gasteiger partial charge in [0.1, 0.15) is 0 Å². The first-order valence-electron chi connectivity index (χ1n) is 9.07. The van der Waals surface area contributed by atoms with E-state index in [2.05, 4.69) is 15.1 Å². The van der Waals surface area contributed by atoms with Gasteiger partial charge in [0, 0.05) is 44.8 Å². The van der Waals surface area contributed by atoms with Crippen LogP contribution in [0.15, 0.2) is 12.1 Å². The third kappa shape index (κ3) is 4.59. The first kappa shape index (κ1) is 20.3. The smallest absolute Gasteiger partial charge is 0.237 e. The fourth-order valence-electron chi connectivity index (χ4n) is 3.33. The van der Waals surface area contributed by atoms with Gasteiger partial charge in [0.2, 0.25) is 11.7 Å². The monoisotopic (exact) mass is 365 g/mol. The molecule has 0 spiro atoms. The van der Waals surface area contributed by atoms with Crippen molar-refractivity contribution in [3.05, 3.63) is 17.7 Å². The molecule has 1 fully saturated rings. The van der Waals surface area contributed by atoms with Crippen LogP contribution in [0, 0.1) is 0 Å². The van der Waals surface area contributed by atoms with Crippen molar-refractivity contribution in [3.63, 3.8) is 0 Å². The minimum absolute atomic E-state index is 0.0901. The van der Waals surface area contributed by atoms with Crippen LogP contribution in [0.5, 0.6) is 17.2 Å². The second-order valence-corrected chi connectivity index (χ2v) is 6.38. The zero-order valence-electron chi connectivity index (χ0n) is 16.5. The fourth-order valence-corrected chi connectivity index (χ4v) is 3.33. The van der Waals surface area contributed by atoms with E-state index in [-0.39, 0.29) is 11.9 Å². The molecule has 1 aromatic carbocycles. The van der Waals surface area contributed by atoms with Crippen LogP contribution in [0.2, 0.25) is 0 Å². The molecule has 1 atom stereocenters. The summed E-state index contributed by atoms with van der Waals surface area (Å²) < 4.78 is 16.4. The van der Waals surface area contributed by atoms with Gasteiger partial charge in [-0.25, -0.2) is 0 Å². The molecule has 1 amide bonds. The van der Waals surface area contributed by atoms with Crippen molar-refractivity contribution >= 4 is 5.91 Å². The zero-order valence-corrected chi connectivity index (χ0v) is 16.5. The van der Waals surface area contributed by atoms with Gasteiger partial charge in [0.15, 0.2) is 11.5 Å². The summed E-state index contributed by atoms with van der Waals surface area (Å²) in [6.45, 7) is 8.90. The maximum atomic E-state index is 12.0. The third-order valence-corrected chi connectivity index (χ3v) is 4.86. The second-order valence-electron chi connectivity index (χ2n) is 6.38. The van der Waals surface area contributed by atoms with Crippen molar-refractivity contribution in [1.29, 1.82) is 0 Å². The Labute approximate surface area is 156 Å². The summed E-state index contributed by atoms with van der Waals surface area (Å²) in [5.74, 6) is 2.09. The summed E-state index contributed by atoms with van der Waals surface area (Å²) in [4.78, 5) is 16.6. The summed E-state index contributed by atoms with van der Waals surface area (Å²) >= 11 is 0. The third-order valence-electron chi connectivity index (χ3n) is 4.86. The van der Waals surface area contributed by atoms with E-state index in [1.165, 1.54) is 0 Å². The van der Waals surface area contributed by atoms with Gasteiger partial charge in [-0.3, -0.25) is 14.6 Å². The van der Waals surface area contributed by atoms with Crippen LogP contribution in [0.1, 0.15) is 19.4 Å². The molecule has 0 bridgehead atoms. The molecule has 7 heteroatoms. The Bertz CT molecular complexity index is 601. The van der Waals surface area contributed by atoms with E-state index in [1.807, 2.05) is 26.0 Å². The van der Waals surface area contributed by atoms with Gasteiger partial charge in [0.25, 0.3) is 0 Å². The van der Waals surface area contributed by atoms with Gasteiger partial charge in [-0.15, -0.1) is 0 Å². The van der Waals surface area contributed by atoms with Gasteiger partial charge < -0.3 is 19.5 Å².